The van der Waals surface area contributed by atoms with E-state index < -0.39 is 17.5 Å². The number of Topliss-reactive ketones (excluding diaryl/α,β-unsaturated/α-hetero) is 1. The lowest BCUT2D eigenvalue weighted by atomic mass is 9.79. The highest BCUT2D eigenvalue weighted by atomic mass is 19.1. The maximum atomic E-state index is 13.4. The third kappa shape index (κ3) is 1.36. The minimum Gasteiger partial charge on any atom is -0.493 e. The number of alkyl halides is 1. The van der Waals surface area contributed by atoms with Crippen molar-refractivity contribution in [2.75, 3.05) is 13.2 Å². The van der Waals surface area contributed by atoms with Gasteiger partial charge in [-0.05, 0) is 12.2 Å². The minimum absolute atomic E-state index is 0.247. The number of amides is 2. The van der Waals surface area contributed by atoms with E-state index in [1.807, 2.05) is 0 Å². The molecule has 2 N–H and O–H groups in total. The van der Waals surface area contributed by atoms with Crippen LogP contribution in [0.2, 0.25) is 0 Å². The number of ether oxygens (including phenoxy) is 1. The zero-order valence-corrected chi connectivity index (χ0v) is 8.96. The molecule has 0 aromatic heterocycles. The van der Waals surface area contributed by atoms with Crippen molar-refractivity contribution in [1.82, 2.24) is 10.6 Å². The fourth-order valence-corrected chi connectivity index (χ4v) is 2.49. The van der Waals surface area contributed by atoms with Gasteiger partial charge < -0.3 is 15.4 Å². The number of fused-ring (bicyclic) bond motifs is 1. The van der Waals surface area contributed by atoms with Gasteiger partial charge in [-0.15, -0.1) is 0 Å². The van der Waals surface area contributed by atoms with E-state index in [0.717, 1.165) is 0 Å². The van der Waals surface area contributed by atoms with E-state index in [0.29, 0.717) is 25.3 Å². The first-order chi connectivity index (χ1) is 8.12. The van der Waals surface area contributed by atoms with Crippen LogP contribution in [0.3, 0.4) is 0 Å². The zero-order chi connectivity index (χ0) is 12.0. The fraction of sp³-hybridized carbons (Fsp3) is 0.455. The summed E-state index contributed by atoms with van der Waals surface area (Å²) in [5, 5.41) is 5.32. The molecule has 2 heterocycles. The molecule has 6 heteroatoms. The first-order valence-corrected chi connectivity index (χ1v) is 5.42. The van der Waals surface area contributed by atoms with Gasteiger partial charge in [0.2, 0.25) is 5.78 Å². The summed E-state index contributed by atoms with van der Waals surface area (Å²) in [5.41, 5.74) is -0.561. The number of urea groups is 1. The van der Waals surface area contributed by atoms with Crippen LogP contribution in [-0.4, -0.2) is 36.7 Å². The molecule has 0 aromatic carbocycles. The third-order valence-corrected chi connectivity index (χ3v) is 3.33. The quantitative estimate of drug-likeness (QED) is 0.633. The number of hydrogen-bond donors (Lipinski definition) is 2. The van der Waals surface area contributed by atoms with Gasteiger partial charge in [0.25, 0.3) is 0 Å². The van der Waals surface area contributed by atoms with Crippen LogP contribution in [0, 0.1) is 0 Å². The Morgan fingerprint density at radius 2 is 2.29 bits per heavy atom. The molecule has 5 nitrogen and oxygen atoms in total. The summed E-state index contributed by atoms with van der Waals surface area (Å²) < 4.78 is 18.8. The predicted molar refractivity (Wildman–Crippen MR) is 55.9 cm³/mol. The fourth-order valence-electron chi connectivity index (χ4n) is 2.49. The van der Waals surface area contributed by atoms with Crippen molar-refractivity contribution in [2.24, 2.45) is 0 Å². The van der Waals surface area contributed by atoms with Crippen LogP contribution < -0.4 is 10.6 Å². The van der Waals surface area contributed by atoms with Crippen LogP contribution >= 0.6 is 0 Å². The van der Waals surface area contributed by atoms with Gasteiger partial charge >= 0.3 is 6.03 Å². The second kappa shape index (κ2) is 3.32. The summed E-state index contributed by atoms with van der Waals surface area (Å²) in [4.78, 5) is 23.2. The first-order valence-electron chi connectivity index (χ1n) is 5.42. The number of hydrogen-bond acceptors (Lipinski definition) is 3. The Bertz CT molecular complexity index is 471. The second-order valence-electron chi connectivity index (χ2n) is 4.35. The second-order valence-corrected chi connectivity index (χ2v) is 4.35. The van der Waals surface area contributed by atoms with Gasteiger partial charge in [-0.1, -0.05) is 0 Å². The molecular weight excluding hydrogens is 227 g/mol. The van der Waals surface area contributed by atoms with E-state index in [4.69, 9.17) is 4.74 Å². The average molecular weight is 238 g/mol. The molecule has 1 aliphatic carbocycles. The van der Waals surface area contributed by atoms with Crippen molar-refractivity contribution in [2.45, 2.75) is 18.1 Å². The summed E-state index contributed by atoms with van der Waals surface area (Å²) in [6, 6.07) is -0.337. The van der Waals surface area contributed by atoms with Gasteiger partial charge in [0, 0.05) is 13.0 Å². The summed E-state index contributed by atoms with van der Waals surface area (Å²) >= 11 is 0. The summed E-state index contributed by atoms with van der Waals surface area (Å²) in [6.45, 7) is 0.690. The van der Waals surface area contributed by atoms with E-state index in [2.05, 4.69) is 10.6 Å². The summed E-state index contributed by atoms with van der Waals surface area (Å²) in [5.74, 6) is -0.245. The minimum atomic E-state index is -1.65. The van der Waals surface area contributed by atoms with E-state index in [1.165, 1.54) is 12.2 Å². The Labute approximate surface area is 96.7 Å². The number of halogens is 1. The van der Waals surface area contributed by atoms with Gasteiger partial charge in [0.1, 0.15) is 5.76 Å². The van der Waals surface area contributed by atoms with Gasteiger partial charge in [-0.25, -0.2) is 9.18 Å². The van der Waals surface area contributed by atoms with Crippen LogP contribution in [0.1, 0.15) is 6.42 Å². The molecule has 0 bridgehead atoms. The standard InChI is InChI=1S/C11H11FN2O3/c12-6-1-2-7-8(9(6)15)11(3-4-17-7)5-13-10(16)14-11/h1-2,6H,3-5H2,(H2,13,14,16). The Morgan fingerprint density at radius 3 is 3.00 bits per heavy atom. The van der Waals surface area contributed by atoms with Crippen molar-refractivity contribution in [3.8, 4) is 0 Å². The number of allylic oxidation sites excluding steroid dienone is 2. The highest BCUT2D eigenvalue weighted by Gasteiger charge is 2.49. The zero-order valence-electron chi connectivity index (χ0n) is 8.96. The molecule has 0 saturated carbocycles. The van der Waals surface area contributed by atoms with E-state index in [-0.39, 0.29) is 11.6 Å². The van der Waals surface area contributed by atoms with Crippen LogP contribution in [0.5, 0.6) is 0 Å². The van der Waals surface area contributed by atoms with Crippen molar-refractivity contribution < 1.29 is 18.7 Å². The molecule has 0 radical (unpaired) electrons. The number of rotatable bonds is 0. The van der Waals surface area contributed by atoms with Crippen LogP contribution in [0.25, 0.3) is 0 Å². The lowest BCUT2D eigenvalue weighted by molar-refractivity contribution is -0.120. The van der Waals surface area contributed by atoms with Crippen molar-refractivity contribution in [1.29, 1.82) is 0 Å². The third-order valence-electron chi connectivity index (χ3n) is 3.33. The highest BCUT2D eigenvalue weighted by Crippen LogP contribution is 2.35. The first kappa shape index (κ1) is 10.3. The molecule has 3 aliphatic rings. The molecule has 1 saturated heterocycles. The molecule has 0 aromatic rings. The van der Waals surface area contributed by atoms with Crippen molar-refractivity contribution >= 4 is 11.8 Å². The van der Waals surface area contributed by atoms with E-state index in [9.17, 15) is 14.0 Å². The molecule has 17 heavy (non-hydrogen) atoms. The molecule has 2 atom stereocenters. The largest absolute Gasteiger partial charge is 0.493 e. The molecule has 90 valence electrons. The van der Waals surface area contributed by atoms with Crippen LogP contribution in [0.15, 0.2) is 23.5 Å². The molecule has 1 fully saturated rings. The predicted octanol–water partition coefficient (Wildman–Crippen LogP) is 0.189. The number of ketones is 1. The van der Waals surface area contributed by atoms with E-state index in [1.54, 1.807) is 0 Å². The smallest absolute Gasteiger partial charge is 0.315 e. The lowest BCUT2D eigenvalue weighted by Crippen LogP contribution is -2.52. The van der Waals surface area contributed by atoms with Crippen LogP contribution in [-0.2, 0) is 9.53 Å². The SMILES string of the molecule is O=C1NCC2(CCOC3=C2C(=O)C(F)C=C3)N1. The molecular formula is C11H11FN2O3. The Hall–Kier alpha value is -1.85. The van der Waals surface area contributed by atoms with Crippen molar-refractivity contribution in [3.63, 3.8) is 0 Å². The number of carbonyl (C=O) groups is 2. The van der Waals surface area contributed by atoms with E-state index >= 15 is 0 Å². The molecule has 3 rings (SSSR count). The van der Waals surface area contributed by atoms with Gasteiger partial charge in [-0.3, -0.25) is 4.79 Å². The van der Waals surface area contributed by atoms with Gasteiger partial charge in [0.05, 0.1) is 17.7 Å². The van der Waals surface area contributed by atoms with Gasteiger partial charge in [-0.2, -0.15) is 0 Å². The molecule has 2 amide bonds. The van der Waals surface area contributed by atoms with Crippen LogP contribution in [0.4, 0.5) is 9.18 Å². The summed E-state index contributed by atoms with van der Waals surface area (Å²) in [6.07, 6.45) is 1.46. The molecule has 1 spiro atoms. The Morgan fingerprint density at radius 1 is 1.47 bits per heavy atom. The van der Waals surface area contributed by atoms with Crippen molar-refractivity contribution in [3.05, 3.63) is 23.5 Å². The Kier molecular flexibility index (Phi) is 2.01. The topological polar surface area (TPSA) is 67.4 Å². The maximum absolute atomic E-state index is 13.4. The monoisotopic (exact) mass is 238 g/mol. The normalized spacial score (nSPS) is 35.5. The van der Waals surface area contributed by atoms with Gasteiger partial charge in [0.15, 0.2) is 6.17 Å². The number of nitrogens with one attached hydrogen (secondary N) is 2. The number of carbonyl (C=O) groups excluding carboxylic acids is 2. The highest BCUT2D eigenvalue weighted by molar-refractivity contribution is 6.05. The summed E-state index contributed by atoms with van der Waals surface area (Å²) in [7, 11) is 0. The molecule has 2 unspecified atom stereocenters. The Balaban J connectivity index is 2.09. The maximum Gasteiger partial charge on any atom is 0.315 e. The lowest BCUT2D eigenvalue weighted by Gasteiger charge is -2.36. The average Bonchev–Trinajstić information content (AvgIpc) is 2.66. The molecule has 2 aliphatic heterocycles.